The van der Waals surface area contributed by atoms with Gasteiger partial charge in [-0.2, -0.15) is 0 Å². The number of nitrogens with zero attached hydrogens (tertiary/aromatic N) is 1. The molecule has 3 N–H and O–H groups in total. The van der Waals surface area contributed by atoms with Gasteiger partial charge in [-0.15, -0.1) is 0 Å². The van der Waals surface area contributed by atoms with Crippen molar-refractivity contribution in [2.45, 2.75) is 13.0 Å². The molecule has 0 amide bonds. The first kappa shape index (κ1) is 14.8. The zero-order valence-corrected chi connectivity index (χ0v) is 11.9. The molecule has 0 aliphatic carbocycles. The van der Waals surface area contributed by atoms with E-state index in [2.05, 4.69) is 0 Å². The molecule has 0 radical (unpaired) electrons. The van der Waals surface area contributed by atoms with Gasteiger partial charge in [-0.1, -0.05) is 24.3 Å². The van der Waals surface area contributed by atoms with E-state index in [-0.39, 0.29) is 23.1 Å². The Bertz CT molecular complexity index is 673. The monoisotopic (exact) mass is 288 g/mol. The Morgan fingerprint density at radius 1 is 1.24 bits per heavy atom. The van der Waals surface area contributed by atoms with Crippen LogP contribution in [0.2, 0.25) is 0 Å². The van der Waals surface area contributed by atoms with E-state index in [4.69, 9.17) is 10.8 Å². The summed E-state index contributed by atoms with van der Waals surface area (Å²) in [6.45, 7) is 1.84. The topological polar surface area (TPSA) is 66.6 Å². The molecule has 1 atom stereocenters. The largest absolute Gasteiger partial charge is 0.478 e. The standard InChI is InChI=1S/C16H17FN2O2/c1-10(11-6-3-4-8-13(11)17)19(2)14-9-5-7-12(15(14)18)16(20)21/h3-10H,18H2,1-2H3,(H,20,21). The van der Waals surface area contributed by atoms with Gasteiger partial charge >= 0.3 is 5.97 Å². The maximum atomic E-state index is 13.9. The van der Waals surface area contributed by atoms with E-state index in [1.807, 2.05) is 6.92 Å². The fraction of sp³-hybridized carbons (Fsp3) is 0.188. The predicted octanol–water partition coefficient (Wildman–Crippen LogP) is 3.30. The minimum atomic E-state index is -1.08. The van der Waals surface area contributed by atoms with Crippen LogP contribution in [0, 0.1) is 5.82 Å². The summed E-state index contributed by atoms with van der Waals surface area (Å²) < 4.78 is 13.9. The molecule has 1 unspecified atom stereocenters. The first-order valence-electron chi connectivity index (χ1n) is 6.52. The molecule has 0 aliphatic rings. The van der Waals surface area contributed by atoms with E-state index in [9.17, 15) is 9.18 Å². The number of rotatable bonds is 4. The first-order chi connectivity index (χ1) is 9.93. The van der Waals surface area contributed by atoms with Gasteiger partial charge in [-0.25, -0.2) is 9.18 Å². The lowest BCUT2D eigenvalue weighted by Crippen LogP contribution is -2.24. The van der Waals surface area contributed by atoms with Crippen LogP contribution in [0.5, 0.6) is 0 Å². The Morgan fingerprint density at radius 3 is 2.52 bits per heavy atom. The Morgan fingerprint density at radius 2 is 1.90 bits per heavy atom. The second kappa shape index (κ2) is 5.83. The van der Waals surface area contributed by atoms with Crippen LogP contribution < -0.4 is 10.6 Å². The molecule has 5 heteroatoms. The van der Waals surface area contributed by atoms with Crippen molar-refractivity contribution < 1.29 is 14.3 Å². The molecule has 0 aromatic heterocycles. The highest BCUT2D eigenvalue weighted by atomic mass is 19.1. The normalized spacial score (nSPS) is 12.0. The van der Waals surface area contributed by atoms with Crippen LogP contribution in [0.3, 0.4) is 0 Å². The van der Waals surface area contributed by atoms with Gasteiger partial charge in [0.15, 0.2) is 0 Å². The van der Waals surface area contributed by atoms with E-state index in [1.165, 1.54) is 12.1 Å². The number of carboxylic acid groups (broad SMARTS) is 1. The SMILES string of the molecule is CC(c1ccccc1F)N(C)c1cccc(C(=O)O)c1N. The number of carboxylic acids is 1. The lowest BCUT2D eigenvalue weighted by Gasteiger charge is -2.29. The number of nitrogen functional groups attached to an aromatic ring is 1. The molecule has 0 saturated heterocycles. The third-order valence-corrected chi connectivity index (χ3v) is 3.63. The summed E-state index contributed by atoms with van der Waals surface area (Å²) in [6.07, 6.45) is 0. The molecule has 0 heterocycles. The molecule has 0 fully saturated rings. The van der Waals surface area contributed by atoms with Crippen LogP contribution >= 0.6 is 0 Å². The van der Waals surface area contributed by atoms with Crippen LogP contribution in [0.25, 0.3) is 0 Å². The van der Waals surface area contributed by atoms with Crippen LogP contribution in [0.15, 0.2) is 42.5 Å². The molecule has 0 aliphatic heterocycles. The van der Waals surface area contributed by atoms with Gasteiger partial charge in [-0.05, 0) is 25.1 Å². The van der Waals surface area contributed by atoms with Gasteiger partial charge < -0.3 is 15.7 Å². The number of hydrogen-bond acceptors (Lipinski definition) is 3. The lowest BCUT2D eigenvalue weighted by molar-refractivity contribution is 0.0698. The van der Waals surface area contributed by atoms with Gasteiger partial charge in [-0.3, -0.25) is 0 Å². The number of aromatic carboxylic acids is 1. The molecule has 0 bridgehead atoms. The highest BCUT2D eigenvalue weighted by Crippen LogP contribution is 2.32. The van der Waals surface area contributed by atoms with E-state index < -0.39 is 5.97 Å². The van der Waals surface area contributed by atoms with Gasteiger partial charge in [0.1, 0.15) is 5.82 Å². The second-order valence-electron chi connectivity index (χ2n) is 4.85. The molecular weight excluding hydrogens is 271 g/mol. The summed E-state index contributed by atoms with van der Waals surface area (Å²) in [6, 6.07) is 11.0. The summed E-state index contributed by atoms with van der Waals surface area (Å²) in [7, 11) is 1.76. The second-order valence-corrected chi connectivity index (χ2v) is 4.85. The summed E-state index contributed by atoms with van der Waals surface area (Å²) >= 11 is 0. The van der Waals surface area contributed by atoms with E-state index in [0.717, 1.165) is 0 Å². The smallest absolute Gasteiger partial charge is 0.337 e. The first-order valence-corrected chi connectivity index (χ1v) is 6.52. The molecule has 0 spiro atoms. The minimum Gasteiger partial charge on any atom is -0.478 e. The molecule has 110 valence electrons. The maximum absolute atomic E-state index is 13.9. The van der Waals surface area contributed by atoms with E-state index >= 15 is 0 Å². The predicted molar refractivity (Wildman–Crippen MR) is 81.0 cm³/mol. The number of para-hydroxylation sites is 1. The van der Waals surface area contributed by atoms with Crippen molar-refractivity contribution in [1.29, 1.82) is 0 Å². The zero-order chi connectivity index (χ0) is 15.6. The Hall–Kier alpha value is -2.56. The third-order valence-electron chi connectivity index (χ3n) is 3.63. The van der Waals surface area contributed by atoms with Gasteiger partial charge in [0.05, 0.1) is 23.0 Å². The van der Waals surface area contributed by atoms with E-state index in [0.29, 0.717) is 11.3 Å². The molecular formula is C16H17FN2O2. The molecule has 2 aromatic carbocycles. The Labute approximate surface area is 122 Å². The molecule has 21 heavy (non-hydrogen) atoms. The van der Waals surface area contributed by atoms with Crippen LogP contribution in [-0.4, -0.2) is 18.1 Å². The minimum absolute atomic E-state index is 0.0417. The van der Waals surface area contributed by atoms with E-state index in [1.54, 1.807) is 42.3 Å². The number of hydrogen-bond donors (Lipinski definition) is 2. The average Bonchev–Trinajstić information content (AvgIpc) is 2.46. The fourth-order valence-corrected chi connectivity index (χ4v) is 2.28. The van der Waals surface area contributed by atoms with Crippen molar-refractivity contribution in [2.75, 3.05) is 17.7 Å². The summed E-state index contributed by atoms with van der Waals surface area (Å²) in [5.74, 6) is -1.38. The number of benzene rings is 2. The highest BCUT2D eigenvalue weighted by molar-refractivity contribution is 5.97. The number of anilines is 2. The summed E-state index contributed by atoms with van der Waals surface area (Å²) in [5, 5.41) is 9.11. The maximum Gasteiger partial charge on any atom is 0.337 e. The zero-order valence-electron chi connectivity index (χ0n) is 11.9. The Kier molecular flexibility index (Phi) is 4.12. The van der Waals surface area contributed by atoms with Gasteiger partial charge in [0.2, 0.25) is 0 Å². The average molecular weight is 288 g/mol. The number of halogens is 1. The molecule has 2 aromatic rings. The van der Waals surface area contributed by atoms with Gasteiger partial charge in [0, 0.05) is 12.6 Å². The fourth-order valence-electron chi connectivity index (χ4n) is 2.28. The van der Waals surface area contributed by atoms with Crippen molar-refractivity contribution in [1.82, 2.24) is 0 Å². The molecule has 2 rings (SSSR count). The number of carbonyl (C=O) groups is 1. The quantitative estimate of drug-likeness (QED) is 0.847. The van der Waals surface area contributed by atoms with Crippen LogP contribution in [0.4, 0.5) is 15.8 Å². The lowest BCUT2D eigenvalue weighted by atomic mass is 10.0. The molecule has 0 saturated carbocycles. The van der Waals surface area contributed by atoms with Crippen molar-refractivity contribution in [3.8, 4) is 0 Å². The summed E-state index contributed by atoms with van der Waals surface area (Å²) in [5.41, 5.74) is 7.23. The van der Waals surface area contributed by atoms with Crippen LogP contribution in [0.1, 0.15) is 28.9 Å². The number of nitrogens with two attached hydrogens (primary N) is 1. The van der Waals surface area contributed by atoms with Gasteiger partial charge in [0.25, 0.3) is 0 Å². The highest BCUT2D eigenvalue weighted by Gasteiger charge is 2.20. The van der Waals surface area contributed by atoms with Crippen molar-refractivity contribution >= 4 is 17.3 Å². The van der Waals surface area contributed by atoms with Crippen molar-refractivity contribution in [2.24, 2.45) is 0 Å². The Balaban J connectivity index is 2.41. The van der Waals surface area contributed by atoms with Crippen molar-refractivity contribution in [3.63, 3.8) is 0 Å². The third kappa shape index (κ3) is 2.81. The van der Waals surface area contributed by atoms with Crippen LogP contribution in [-0.2, 0) is 0 Å². The molecule has 4 nitrogen and oxygen atoms in total. The summed E-state index contributed by atoms with van der Waals surface area (Å²) in [4.78, 5) is 12.9. The van der Waals surface area contributed by atoms with Crippen molar-refractivity contribution in [3.05, 3.63) is 59.4 Å².